The molecule has 0 aromatic heterocycles. The van der Waals surface area contributed by atoms with Crippen molar-refractivity contribution in [1.82, 2.24) is 4.90 Å². The van der Waals surface area contributed by atoms with Crippen LogP contribution in [0.1, 0.15) is 12.0 Å². The number of nitrogens with zero attached hydrogens (tertiary/aromatic N) is 1. The Morgan fingerprint density at radius 1 is 1.09 bits per heavy atom. The van der Waals surface area contributed by atoms with Crippen LogP contribution >= 0.6 is 23.2 Å². The average Bonchev–Trinajstić information content (AvgIpc) is 2.48. The van der Waals surface area contributed by atoms with Gasteiger partial charge in [0.15, 0.2) is 0 Å². The van der Waals surface area contributed by atoms with E-state index in [-0.39, 0.29) is 13.0 Å². The third-order valence-corrected chi connectivity index (χ3v) is 4.12. The maximum atomic E-state index is 11.1. The Balaban J connectivity index is 2.12. The Morgan fingerprint density at radius 2 is 1.77 bits per heavy atom. The lowest BCUT2D eigenvalue weighted by molar-refractivity contribution is -0.108. The van der Waals surface area contributed by atoms with Crippen LogP contribution in [0, 0.1) is 0 Å². The van der Waals surface area contributed by atoms with Crippen LogP contribution < -0.4 is 0 Å². The van der Waals surface area contributed by atoms with Gasteiger partial charge in [-0.15, -0.1) is 0 Å². The van der Waals surface area contributed by atoms with E-state index in [1.165, 1.54) is 4.90 Å². The quantitative estimate of drug-likeness (QED) is 0.800. The van der Waals surface area contributed by atoms with E-state index in [0.717, 1.165) is 22.6 Å². The lowest BCUT2D eigenvalue weighted by Gasteiger charge is -2.18. The summed E-state index contributed by atoms with van der Waals surface area (Å²) in [4.78, 5) is 22.7. The highest BCUT2D eigenvalue weighted by atomic mass is 35.5. The molecule has 0 aliphatic carbocycles. The van der Waals surface area contributed by atoms with E-state index in [1.54, 1.807) is 12.1 Å². The fourth-order valence-electron chi connectivity index (χ4n) is 2.22. The van der Waals surface area contributed by atoms with Crippen molar-refractivity contribution >= 4 is 46.4 Å². The van der Waals surface area contributed by atoms with Crippen LogP contribution in [0.25, 0.3) is 10.8 Å². The van der Waals surface area contributed by atoms with Gasteiger partial charge in [0.05, 0.1) is 10.0 Å². The zero-order valence-electron chi connectivity index (χ0n) is 11.8. The maximum Gasteiger partial charge on any atom is 0.407 e. The van der Waals surface area contributed by atoms with E-state index in [9.17, 15) is 9.59 Å². The van der Waals surface area contributed by atoms with Crippen LogP contribution in [-0.4, -0.2) is 35.5 Å². The number of carbonyl (C=O) groups is 2. The molecular formula is C16H15Cl2NO3. The molecule has 6 heteroatoms. The molecule has 2 aromatic rings. The normalized spacial score (nSPS) is 10.6. The summed E-state index contributed by atoms with van der Waals surface area (Å²) in [5.74, 6) is 0. The van der Waals surface area contributed by atoms with Crippen LogP contribution in [0.4, 0.5) is 4.79 Å². The second-order valence-electron chi connectivity index (χ2n) is 4.92. The highest BCUT2D eigenvalue weighted by Crippen LogP contribution is 2.28. The van der Waals surface area contributed by atoms with Gasteiger partial charge in [-0.1, -0.05) is 41.4 Å². The Kier molecular flexibility index (Phi) is 5.63. The van der Waals surface area contributed by atoms with Crippen molar-refractivity contribution in [1.29, 1.82) is 0 Å². The fraction of sp³-hybridized carbons (Fsp3) is 0.250. The van der Waals surface area contributed by atoms with Crippen molar-refractivity contribution in [2.45, 2.75) is 12.8 Å². The molecule has 0 spiro atoms. The molecular weight excluding hydrogens is 325 g/mol. The highest BCUT2D eigenvalue weighted by Gasteiger charge is 2.11. The molecule has 0 unspecified atom stereocenters. The van der Waals surface area contributed by atoms with Crippen LogP contribution in [0.2, 0.25) is 10.0 Å². The SMILES string of the molecule is O=CCCN(CCc1ccc2cc(Cl)c(Cl)cc2c1)C(=O)O. The molecule has 4 nitrogen and oxygen atoms in total. The number of aldehydes is 1. The number of fused-ring (bicyclic) bond motifs is 1. The van der Waals surface area contributed by atoms with Crippen LogP contribution in [0.3, 0.4) is 0 Å². The largest absolute Gasteiger partial charge is 0.465 e. The monoisotopic (exact) mass is 339 g/mol. The van der Waals surface area contributed by atoms with Gasteiger partial charge in [-0.25, -0.2) is 4.79 Å². The lowest BCUT2D eigenvalue weighted by Crippen LogP contribution is -2.32. The van der Waals surface area contributed by atoms with Crippen LogP contribution in [0.5, 0.6) is 0 Å². The van der Waals surface area contributed by atoms with Gasteiger partial charge in [0.2, 0.25) is 0 Å². The van der Waals surface area contributed by atoms with Crippen molar-refractivity contribution in [3.05, 3.63) is 45.9 Å². The Bertz CT molecular complexity index is 703. The first-order chi connectivity index (χ1) is 10.5. The maximum absolute atomic E-state index is 11.1. The van der Waals surface area contributed by atoms with E-state index in [2.05, 4.69) is 0 Å². The van der Waals surface area contributed by atoms with Gasteiger partial charge < -0.3 is 14.8 Å². The summed E-state index contributed by atoms with van der Waals surface area (Å²) in [6.07, 6.45) is 0.481. The number of benzene rings is 2. The van der Waals surface area contributed by atoms with Crippen molar-refractivity contribution < 1.29 is 14.7 Å². The standard InChI is InChI=1S/C16H15Cl2NO3/c17-14-9-12-3-2-11(8-13(12)10-15(14)18)4-6-19(16(21)22)5-1-7-20/h2-3,7-10H,1,4-6H2,(H,21,22). The summed E-state index contributed by atoms with van der Waals surface area (Å²) < 4.78 is 0. The number of rotatable bonds is 6. The number of amides is 1. The second kappa shape index (κ2) is 7.47. The molecule has 116 valence electrons. The molecule has 0 saturated carbocycles. The number of hydrogen-bond donors (Lipinski definition) is 1. The summed E-state index contributed by atoms with van der Waals surface area (Å²) in [5.41, 5.74) is 1.00. The molecule has 0 atom stereocenters. The summed E-state index contributed by atoms with van der Waals surface area (Å²) in [7, 11) is 0. The first-order valence-corrected chi connectivity index (χ1v) is 7.56. The van der Waals surface area contributed by atoms with Crippen molar-refractivity contribution in [3.63, 3.8) is 0 Å². The topological polar surface area (TPSA) is 57.6 Å². The molecule has 0 heterocycles. The predicted octanol–water partition coefficient (Wildman–Crippen LogP) is 4.26. The molecule has 1 N–H and O–H groups in total. The molecule has 0 aliphatic rings. The zero-order valence-corrected chi connectivity index (χ0v) is 13.3. The van der Waals surface area contributed by atoms with E-state index in [4.69, 9.17) is 28.3 Å². The number of carbonyl (C=O) groups excluding carboxylic acids is 1. The van der Waals surface area contributed by atoms with Gasteiger partial charge >= 0.3 is 6.09 Å². The molecule has 0 radical (unpaired) electrons. The molecule has 0 bridgehead atoms. The molecule has 0 saturated heterocycles. The van der Waals surface area contributed by atoms with Gasteiger partial charge in [0.25, 0.3) is 0 Å². The fourth-order valence-corrected chi connectivity index (χ4v) is 2.57. The Labute approximate surface area is 138 Å². The predicted molar refractivity (Wildman–Crippen MR) is 88.0 cm³/mol. The van der Waals surface area contributed by atoms with Crippen molar-refractivity contribution in [2.75, 3.05) is 13.1 Å². The van der Waals surface area contributed by atoms with Gasteiger partial charge in [-0.05, 0) is 34.9 Å². The minimum Gasteiger partial charge on any atom is -0.465 e. The zero-order chi connectivity index (χ0) is 16.1. The van der Waals surface area contributed by atoms with Crippen LogP contribution in [0.15, 0.2) is 30.3 Å². The molecule has 2 rings (SSSR count). The summed E-state index contributed by atoms with van der Waals surface area (Å²) in [6, 6.07) is 9.44. The summed E-state index contributed by atoms with van der Waals surface area (Å²) in [5, 5.41) is 12.0. The summed E-state index contributed by atoms with van der Waals surface area (Å²) in [6.45, 7) is 0.559. The molecule has 1 amide bonds. The molecule has 0 aliphatic heterocycles. The Morgan fingerprint density at radius 3 is 2.41 bits per heavy atom. The minimum atomic E-state index is -1.02. The first kappa shape index (κ1) is 16.6. The van der Waals surface area contributed by atoms with Gasteiger partial charge in [0.1, 0.15) is 6.29 Å². The number of hydrogen-bond acceptors (Lipinski definition) is 2. The summed E-state index contributed by atoms with van der Waals surface area (Å²) >= 11 is 12.0. The van der Waals surface area contributed by atoms with E-state index >= 15 is 0 Å². The van der Waals surface area contributed by atoms with Crippen molar-refractivity contribution in [3.8, 4) is 0 Å². The van der Waals surface area contributed by atoms with Crippen molar-refractivity contribution in [2.24, 2.45) is 0 Å². The minimum absolute atomic E-state index is 0.206. The third kappa shape index (κ3) is 4.12. The molecule has 0 fully saturated rings. The van der Waals surface area contributed by atoms with Gasteiger partial charge in [-0.3, -0.25) is 0 Å². The molecule has 22 heavy (non-hydrogen) atoms. The van der Waals surface area contributed by atoms with Gasteiger partial charge in [-0.2, -0.15) is 0 Å². The molecule has 2 aromatic carbocycles. The van der Waals surface area contributed by atoms with Gasteiger partial charge in [0, 0.05) is 19.5 Å². The highest BCUT2D eigenvalue weighted by molar-refractivity contribution is 6.42. The first-order valence-electron chi connectivity index (χ1n) is 6.80. The average molecular weight is 340 g/mol. The van der Waals surface area contributed by atoms with E-state index < -0.39 is 6.09 Å². The smallest absolute Gasteiger partial charge is 0.407 e. The number of carboxylic acid groups (broad SMARTS) is 1. The number of halogens is 2. The Hall–Kier alpha value is -1.78. The lowest BCUT2D eigenvalue weighted by atomic mass is 10.0. The van der Waals surface area contributed by atoms with E-state index in [1.807, 2.05) is 18.2 Å². The van der Waals surface area contributed by atoms with E-state index in [0.29, 0.717) is 23.0 Å². The van der Waals surface area contributed by atoms with Crippen LogP contribution in [-0.2, 0) is 11.2 Å². The second-order valence-corrected chi connectivity index (χ2v) is 5.74. The third-order valence-electron chi connectivity index (χ3n) is 3.40.